The van der Waals surface area contributed by atoms with Gasteiger partial charge in [-0.1, -0.05) is 6.92 Å². The Kier molecular flexibility index (Phi) is 3.08. The smallest absolute Gasteiger partial charge is 0.337 e. The maximum absolute atomic E-state index is 10.5. The second-order valence-corrected chi connectivity index (χ2v) is 3.19. The Hall–Kier alpha value is -1.29. The second kappa shape index (κ2) is 4.09. The van der Waals surface area contributed by atoms with E-state index in [0.717, 1.165) is 0 Å². The SMILES string of the molecule is CC(CO)Cn1ccc(C(=O)O)c1. The first-order chi connectivity index (χ1) is 6.13. The summed E-state index contributed by atoms with van der Waals surface area (Å²) in [5.41, 5.74) is 0.283. The number of rotatable bonds is 4. The summed E-state index contributed by atoms with van der Waals surface area (Å²) in [5.74, 6) is -0.774. The van der Waals surface area contributed by atoms with E-state index in [-0.39, 0.29) is 18.1 Å². The van der Waals surface area contributed by atoms with Gasteiger partial charge in [-0.05, 0) is 12.0 Å². The van der Waals surface area contributed by atoms with Crippen LogP contribution in [0.15, 0.2) is 18.5 Å². The Balaban J connectivity index is 2.64. The third-order valence-corrected chi connectivity index (χ3v) is 1.83. The molecule has 0 fully saturated rings. The van der Waals surface area contributed by atoms with E-state index in [2.05, 4.69) is 0 Å². The van der Waals surface area contributed by atoms with Gasteiger partial charge in [-0.25, -0.2) is 4.79 Å². The number of aromatic nitrogens is 1. The minimum absolute atomic E-state index is 0.112. The Bertz CT molecular complexity index is 293. The van der Waals surface area contributed by atoms with Crippen LogP contribution in [0.3, 0.4) is 0 Å². The van der Waals surface area contributed by atoms with Gasteiger partial charge in [-0.3, -0.25) is 0 Å². The molecule has 1 aromatic rings. The highest BCUT2D eigenvalue weighted by atomic mass is 16.4. The molecule has 4 heteroatoms. The van der Waals surface area contributed by atoms with Crippen LogP contribution in [0.4, 0.5) is 0 Å². The Morgan fingerprint density at radius 3 is 2.85 bits per heavy atom. The molecule has 1 unspecified atom stereocenters. The number of hydrogen-bond acceptors (Lipinski definition) is 2. The standard InChI is InChI=1S/C9H13NO3/c1-7(6-11)4-10-3-2-8(5-10)9(12)13/h2-3,5,7,11H,4,6H2,1H3,(H,12,13). The van der Waals surface area contributed by atoms with Crippen LogP contribution >= 0.6 is 0 Å². The average Bonchev–Trinajstić information content (AvgIpc) is 2.52. The van der Waals surface area contributed by atoms with Crippen molar-refractivity contribution >= 4 is 5.97 Å². The lowest BCUT2D eigenvalue weighted by atomic mass is 10.2. The largest absolute Gasteiger partial charge is 0.478 e. The van der Waals surface area contributed by atoms with E-state index in [1.54, 1.807) is 23.0 Å². The van der Waals surface area contributed by atoms with Crippen LogP contribution in [0.25, 0.3) is 0 Å². The third kappa shape index (κ3) is 2.59. The molecule has 0 aliphatic carbocycles. The predicted octanol–water partition coefficient (Wildman–Crippen LogP) is 0.815. The van der Waals surface area contributed by atoms with Crippen LogP contribution in [0.1, 0.15) is 17.3 Å². The Morgan fingerprint density at radius 1 is 1.69 bits per heavy atom. The molecule has 0 spiro atoms. The highest BCUT2D eigenvalue weighted by Gasteiger charge is 2.06. The summed E-state index contributed by atoms with van der Waals surface area (Å²) in [6.07, 6.45) is 3.27. The Labute approximate surface area is 76.4 Å². The molecular weight excluding hydrogens is 170 g/mol. The molecule has 0 aromatic carbocycles. The first-order valence-corrected chi connectivity index (χ1v) is 4.13. The van der Waals surface area contributed by atoms with Crippen molar-refractivity contribution in [2.75, 3.05) is 6.61 Å². The molecule has 2 N–H and O–H groups in total. The van der Waals surface area contributed by atoms with E-state index in [1.807, 2.05) is 6.92 Å². The average molecular weight is 183 g/mol. The summed E-state index contributed by atoms with van der Waals surface area (Å²) in [6, 6.07) is 1.55. The van der Waals surface area contributed by atoms with Gasteiger partial charge in [0.05, 0.1) is 5.56 Å². The molecule has 0 aliphatic heterocycles. The molecular formula is C9H13NO3. The quantitative estimate of drug-likeness (QED) is 0.726. The molecule has 0 saturated carbocycles. The fraction of sp³-hybridized carbons (Fsp3) is 0.444. The molecule has 0 saturated heterocycles. The second-order valence-electron chi connectivity index (χ2n) is 3.19. The minimum Gasteiger partial charge on any atom is -0.478 e. The number of carboxylic acid groups (broad SMARTS) is 1. The van der Waals surface area contributed by atoms with Crippen molar-refractivity contribution in [1.29, 1.82) is 0 Å². The van der Waals surface area contributed by atoms with Crippen LogP contribution in [-0.4, -0.2) is 27.4 Å². The van der Waals surface area contributed by atoms with Crippen molar-refractivity contribution in [3.05, 3.63) is 24.0 Å². The summed E-state index contributed by atoms with van der Waals surface area (Å²) in [5, 5.41) is 17.4. The Morgan fingerprint density at radius 2 is 2.38 bits per heavy atom. The lowest BCUT2D eigenvalue weighted by Crippen LogP contribution is -2.09. The van der Waals surface area contributed by atoms with Crippen LogP contribution in [0.2, 0.25) is 0 Å². The summed E-state index contributed by atoms with van der Waals surface area (Å²) in [6.45, 7) is 2.66. The molecule has 0 radical (unpaired) electrons. The van der Waals surface area contributed by atoms with Gasteiger partial charge < -0.3 is 14.8 Å². The topological polar surface area (TPSA) is 62.5 Å². The first-order valence-electron chi connectivity index (χ1n) is 4.13. The van der Waals surface area contributed by atoms with Gasteiger partial charge in [-0.15, -0.1) is 0 Å². The van der Waals surface area contributed by atoms with Crippen molar-refractivity contribution in [2.45, 2.75) is 13.5 Å². The van der Waals surface area contributed by atoms with E-state index in [1.165, 1.54) is 0 Å². The van der Waals surface area contributed by atoms with Crippen molar-refractivity contribution in [2.24, 2.45) is 5.92 Å². The normalized spacial score (nSPS) is 12.8. The van der Waals surface area contributed by atoms with Crippen molar-refractivity contribution < 1.29 is 15.0 Å². The van der Waals surface area contributed by atoms with Gasteiger partial charge in [0.1, 0.15) is 0 Å². The van der Waals surface area contributed by atoms with E-state index >= 15 is 0 Å². The van der Waals surface area contributed by atoms with Crippen LogP contribution < -0.4 is 0 Å². The fourth-order valence-corrected chi connectivity index (χ4v) is 1.10. The summed E-state index contributed by atoms with van der Waals surface area (Å²) in [4.78, 5) is 10.5. The molecule has 0 bridgehead atoms. The molecule has 1 heterocycles. The van der Waals surface area contributed by atoms with Crippen molar-refractivity contribution in [1.82, 2.24) is 4.57 Å². The van der Waals surface area contributed by atoms with Crippen molar-refractivity contribution in [3.63, 3.8) is 0 Å². The van der Waals surface area contributed by atoms with Gasteiger partial charge in [0.2, 0.25) is 0 Å². The highest BCUT2D eigenvalue weighted by molar-refractivity contribution is 5.87. The number of aliphatic hydroxyl groups excluding tert-OH is 1. The maximum Gasteiger partial charge on any atom is 0.337 e. The van der Waals surface area contributed by atoms with Gasteiger partial charge in [0.15, 0.2) is 0 Å². The van der Waals surface area contributed by atoms with Gasteiger partial charge >= 0.3 is 5.97 Å². The number of carbonyl (C=O) groups is 1. The van der Waals surface area contributed by atoms with Crippen LogP contribution in [-0.2, 0) is 6.54 Å². The third-order valence-electron chi connectivity index (χ3n) is 1.83. The van der Waals surface area contributed by atoms with E-state index in [4.69, 9.17) is 10.2 Å². The molecule has 0 amide bonds. The summed E-state index contributed by atoms with van der Waals surface area (Å²) in [7, 11) is 0. The summed E-state index contributed by atoms with van der Waals surface area (Å²) < 4.78 is 1.77. The molecule has 13 heavy (non-hydrogen) atoms. The lowest BCUT2D eigenvalue weighted by molar-refractivity contribution is 0.0697. The van der Waals surface area contributed by atoms with Gasteiger partial charge in [0, 0.05) is 25.5 Å². The molecule has 72 valence electrons. The molecule has 0 aliphatic rings. The van der Waals surface area contributed by atoms with Crippen LogP contribution in [0.5, 0.6) is 0 Å². The predicted molar refractivity (Wildman–Crippen MR) is 47.6 cm³/mol. The van der Waals surface area contributed by atoms with E-state index in [0.29, 0.717) is 6.54 Å². The number of carboxylic acids is 1. The van der Waals surface area contributed by atoms with Crippen molar-refractivity contribution in [3.8, 4) is 0 Å². The number of nitrogens with zero attached hydrogens (tertiary/aromatic N) is 1. The van der Waals surface area contributed by atoms with Gasteiger partial charge in [-0.2, -0.15) is 0 Å². The summed E-state index contributed by atoms with van der Waals surface area (Å²) >= 11 is 0. The molecule has 1 atom stereocenters. The molecule has 1 rings (SSSR count). The first kappa shape index (κ1) is 9.80. The lowest BCUT2D eigenvalue weighted by Gasteiger charge is -2.07. The number of aliphatic hydroxyl groups is 1. The fourth-order valence-electron chi connectivity index (χ4n) is 1.10. The zero-order valence-electron chi connectivity index (χ0n) is 7.47. The minimum atomic E-state index is -0.921. The van der Waals surface area contributed by atoms with E-state index < -0.39 is 5.97 Å². The number of hydrogen-bond donors (Lipinski definition) is 2. The van der Waals surface area contributed by atoms with Crippen LogP contribution in [0, 0.1) is 5.92 Å². The zero-order chi connectivity index (χ0) is 9.84. The highest BCUT2D eigenvalue weighted by Crippen LogP contribution is 2.04. The van der Waals surface area contributed by atoms with Gasteiger partial charge in [0.25, 0.3) is 0 Å². The number of aromatic carboxylic acids is 1. The molecule has 1 aromatic heterocycles. The molecule has 4 nitrogen and oxygen atoms in total. The zero-order valence-corrected chi connectivity index (χ0v) is 7.47. The monoisotopic (exact) mass is 183 g/mol. The van der Waals surface area contributed by atoms with E-state index in [9.17, 15) is 4.79 Å². The maximum atomic E-state index is 10.5.